The van der Waals surface area contributed by atoms with Crippen LogP contribution in [0.25, 0.3) is 0 Å². The quantitative estimate of drug-likeness (QED) is 0.791. The summed E-state index contributed by atoms with van der Waals surface area (Å²) in [6, 6.07) is 1.02. The molecule has 2 atom stereocenters. The number of nitrogens with one attached hydrogen (secondary N) is 1. The lowest BCUT2D eigenvalue weighted by molar-refractivity contribution is 0.0689. The summed E-state index contributed by atoms with van der Waals surface area (Å²) in [5, 5.41) is 8.83. The third-order valence-electron chi connectivity index (χ3n) is 3.19. The van der Waals surface area contributed by atoms with Crippen molar-refractivity contribution in [3.05, 3.63) is 27.9 Å². The summed E-state index contributed by atoms with van der Waals surface area (Å²) in [4.78, 5) is 28.8. The molecule has 1 aromatic rings. The van der Waals surface area contributed by atoms with Crippen LogP contribution in [0.1, 0.15) is 48.4 Å². The fourth-order valence-corrected chi connectivity index (χ4v) is 2.31. The molecule has 5 heteroatoms. The van der Waals surface area contributed by atoms with Crippen molar-refractivity contribution in [2.24, 2.45) is 5.92 Å². The Balaban J connectivity index is 2.41. The minimum atomic E-state index is -1.15. The van der Waals surface area contributed by atoms with Gasteiger partial charge in [-0.05, 0) is 18.8 Å². The normalized spacial score (nSPS) is 24.6. The summed E-state index contributed by atoms with van der Waals surface area (Å²) < 4.78 is 0. The van der Waals surface area contributed by atoms with E-state index in [1.165, 1.54) is 0 Å². The van der Waals surface area contributed by atoms with Gasteiger partial charge in [-0.25, -0.2) is 9.78 Å². The molecule has 1 aromatic heterocycles. The monoisotopic (exact) mass is 222 g/mol. The van der Waals surface area contributed by atoms with Crippen molar-refractivity contribution < 1.29 is 9.90 Å². The second kappa shape index (κ2) is 4.08. The molecular formula is C11H14N2O3. The fourth-order valence-electron chi connectivity index (χ4n) is 2.31. The molecule has 1 aliphatic carbocycles. The van der Waals surface area contributed by atoms with Gasteiger partial charge in [-0.3, -0.25) is 4.79 Å². The van der Waals surface area contributed by atoms with Crippen molar-refractivity contribution in [3.8, 4) is 0 Å². The Morgan fingerprint density at radius 3 is 2.88 bits per heavy atom. The van der Waals surface area contributed by atoms with Crippen molar-refractivity contribution in [2.75, 3.05) is 0 Å². The smallest absolute Gasteiger partial charge is 0.354 e. The van der Waals surface area contributed by atoms with Gasteiger partial charge < -0.3 is 10.1 Å². The van der Waals surface area contributed by atoms with E-state index in [2.05, 4.69) is 16.9 Å². The highest BCUT2D eigenvalue weighted by molar-refractivity contribution is 5.85. The maximum absolute atomic E-state index is 11.3. The van der Waals surface area contributed by atoms with Crippen LogP contribution in [0.3, 0.4) is 0 Å². The van der Waals surface area contributed by atoms with E-state index in [1.54, 1.807) is 0 Å². The van der Waals surface area contributed by atoms with Gasteiger partial charge in [0.25, 0.3) is 5.56 Å². The highest BCUT2D eigenvalue weighted by Crippen LogP contribution is 2.37. The fraction of sp³-hybridized carbons (Fsp3) is 0.545. The largest absolute Gasteiger partial charge is 0.477 e. The van der Waals surface area contributed by atoms with Gasteiger partial charge in [-0.2, -0.15) is 0 Å². The van der Waals surface area contributed by atoms with Crippen LogP contribution in [0.15, 0.2) is 10.9 Å². The number of aromatic carboxylic acids is 1. The number of rotatable bonds is 2. The molecule has 0 radical (unpaired) electrons. The maximum atomic E-state index is 11.3. The Morgan fingerprint density at radius 1 is 1.56 bits per heavy atom. The number of aromatic nitrogens is 2. The summed E-state index contributed by atoms with van der Waals surface area (Å²) in [7, 11) is 0. The molecule has 0 aromatic carbocycles. The Labute approximate surface area is 92.5 Å². The zero-order chi connectivity index (χ0) is 11.7. The molecule has 2 unspecified atom stereocenters. The SMILES string of the molecule is CC1CCCC1c1nc(C(=O)O)cc(=O)[nH]1. The number of carbonyl (C=O) groups is 1. The van der Waals surface area contributed by atoms with Gasteiger partial charge in [0.1, 0.15) is 5.82 Å². The van der Waals surface area contributed by atoms with Gasteiger partial charge in [0.2, 0.25) is 0 Å². The van der Waals surface area contributed by atoms with Crippen molar-refractivity contribution in [1.82, 2.24) is 9.97 Å². The molecule has 1 heterocycles. The number of carboxylic acid groups (broad SMARTS) is 1. The molecule has 0 saturated heterocycles. The Bertz CT molecular complexity index is 467. The van der Waals surface area contributed by atoms with Crippen LogP contribution in [0.5, 0.6) is 0 Å². The summed E-state index contributed by atoms with van der Waals surface area (Å²) in [5.74, 6) is 0.00657. The van der Waals surface area contributed by atoms with Crippen LogP contribution in [0, 0.1) is 5.92 Å². The second-order valence-electron chi connectivity index (χ2n) is 4.34. The van der Waals surface area contributed by atoms with Gasteiger partial charge in [0.15, 0.2) is 5.69 Å². The van der Waals surface area contributed by atoms with Crippen LogP contribution >= 0.6 is 0 Å². The first-order chi connectivity index (χ1) is 7.58. The van der Waals surface area contributed by atoms with Gasteiger partial charge in [-0.15, -0.1) is 0 Å². The number of nitrogens with zero attached hydrogens (tertiary/aromatic N) is 1. The highest BCUT2D eigenvalue weighted by atomic mass is 16.4. The molecule has 1 aliphatic rings. The van der Waals surface area contributed by atoms with Crippen LogP contribution in [0.4, 0.5) is 0 Å². The van der Waals surface area contributed by atoms with Crippen LogP contribution < -0.4 is 5.56 Å². The molecule has 1 fully saturated rings. The Morgan fingerprint density at radius 2 is 2.31 bits per heavy atom. The third kappa shape index (κ3) is 1.98. The summed E-state index contributed by atoms with van der Waals surface area (Å²) >= 11 is 0. The highest BCUT2D eigenvalue weighted by Gasteiger charge is 2.27. The molecule has 2 rings (SSSR count). The summed E-state index contributed by atoms with van der Waals surface area (Å²) in [6.45, 7) is 2.10. The average molecular weight is 222 g/mol. The molecular weight excluding hydrogens is 208 g/mol. The molecule has 0 aliphatic heterocycles. The zero-order valence-electron chi connectivity index (χ0n) is 9.06. The standard InChI is InChI=1S/C11H14N2O3/c1-6-3-2-4-7(6)10-12-8(11(15)16)5-9(14)13-10/h5-7H,2-4H2,1H3,(H,15,16)(H,12,13,14). The maximum Gasteiger partial charge on any atom is 0.354 e. The van der Waals surface area contributed by atoms with E-state index in [-0.39, 0.29) is 17.2 Å². The van der Waals surface area contributed by atoms with Gasteiger partial charge in [0, 0.05) is 12.0 Å². The molecule has 0 bridgehead atoms. The van der Waals surface area contributed by atoms with E-state index in [9.17, 15) is 9.59 Å². The van der Waals surface area contributed by atoms with E-state index < -0.39 is 5.97 Å². The average Bonchev–Trinajstić information content (AvgIpc) is 2.63. The molecule has 2 N–H and O–H groups in total. The Hall–Kier alpha value is -1.65. The first-order valence-corrected chi connectivity index (χ1v) is 5.42. The number of aromatic amines is 1. The second-order valence-corrected chi connectivity index (χ2v) is 4.34. The summed E-state index contributed by atoms with van der Waals surface area (Å²) in [5.41, 5.74) is -0.556. The van der Waals surface area contributed by atoms with Crippen molar-refractivity contribution in [3.63, 3.8) is 0 Å². The van der Waals surface area contributed by atoms with E-state index in [4.69, 9.17) is 5.11 Å². The Kier molecular flexibility index (Phi) is 2.77. The minimum Gasteiger partial charge on any atom is -0.477 e. The number of H-pyrrole nitrogens is 1. The predicted octanol–water partition coefficient (Wildman–Crippen LogP) is 1.37. The predicted molar refractivity (Wildman–Crippen MR) is 57.6 cm³/mol. The topological polar surface area (TPSA) is 83.0 Å². The lowest BCUT2D eigenvalue weighted by Gasteiger charge is -2.14. The lowest BCUT2D eigenvalue weighted by atomic mass is 9.97. The molecule has 16 heavy (non-hydrogen) atoms. The first kappa shape index (κ1) is 10.9. The summed E-state index contributed by atoms with van der Waals surface area (Å²) in [6.07, 6.45) is 3.17. The van der Waals surface area contributed by atoms with Crippen LogP contribution in [-0.4, -0.2) is 21.0 Å². The van der Waals surface area contributed by atoms with Crippen molar-refractivity contribution >= 4 is 5.97 Å². The molecule has 1 saturated carbocycles. The number of carboxylic acids is 1. The van der Waals surface area contributed by atoms with Gasteiger partial charge >= 0.3 is 5.97 Å². The first-order valence-electron chi connectivity index (χ1n) is 5.42. The molecule has 5 nitrogen and oxygen atoms in total. The molecule has 0 amide bonds. The van der Waals surface area contributed by atoms with Crippen molar-refractivity contribution in [1.29, 1.82) is 0 Å². The van der Waals surface area contributed by atoms with E-state index in [0.717, 1.165) is 25.3 Å². The van der Waals surface area contributed by atoms with Crippen molar-refractivity contribution in [2.45, 2.75) is 32.1 Å². The van der Waals surface area contributed by atoms with E-state index in [1.807, 2.05) is 0 Å². The van der Waals surface area contributed by atoms with E-state index in [0.29, 0.717) is 11.7 Å². The van der Waals surface area contributed by atoms with Gasteiger partial charge in [-0.1, -0.05) is 13.3 Å². The third-order valence-corrected chi connectivity index (χ3v) is 3.19. The van der Waals surface area contributed by atoms with Crippen LogP contribution in [-0.2, 0) is 0 Å². The zero-order valence-corrected chi connectivity index (χ0v) is 9.06. The van der Waals surface area contributed by atoms with Crippen LogP contribution in [0.2, 0.25) is 0 Å². The lowest BCUT2D eigenvalue weighted by Crippen LogP contribution is -2.19. The number of hydrogen-bond acceptors (Lipinski definition) is 3. The molecule has 86 valence electrons. The molecule has 0 spiro atoms. The van der Waals surface area contributed by atoms with E-state index >= 15 is 0 Å². The minimum absolute atomic E-state index is 0.169. The van der Waals surface area contributed by atoms with Gasteiger partial charge in [0.05, 0.1) is 0 Å². The number of hydrogen-bond donors (Lipinski definition) is 2.